The molecular weight excluding hydrogens is 302 g/mol. The molecule has 0 bridgehead atoms. The first-order chi connectivity index (χ1) is 9.20. The molecule has 1 amide bonds. The summed E-state index contributed by atoms with van der Waals surface area (Å²) in [5.74, 6) is 0.0626. The highest BCUT2D eigenvalue weighted by molar-refractivity contribution is 9.10. The van der Waals surface area contributed by atoms with E-state index in [1.54, 1.807) is 0 Å². The number of nitrogens with zero attached hydrogens (tertiary/aromatic N) is 1. The average Bonchev–Trinajstić information content (AvgIpc) is 2.45. The molecule has 3 heteroatoms. The molecule has 0 saturated carbocycles. The van der Waals surface area contributed by atoms with Crippen LogP contribution in [0.3, 0.4) is 0 Å². The van der Waals surface area contributed by atoms with E-state index in [2.05, 4.69) is 15.9 Å². The molecule has 0 N–H and O–H groups in total. The van der Waals surface area contributed by atoms with Gasteiger partial charge >= 0.3 is 0 Å². The second-order valence-electron chi connectivity index (χ2n) is 4.32. The molecule has 0 fully saturated rings. The maximum absolute atomic E-state index is 12.4. The van der Waals surface area contributed by atoms with Crippen LogP contribution in [0.1, 0.15) is 22.8 Å². The minimum absolute atomic E-state index is 0.0626. The number of amides is 1. The van der Waals surface area contributed by atoms with Gasteiger partial charge in [0.05, 0.1) is 0 Å². The van der Waals surface area contributed by atoms with Gasteiger partial charge in [0, 0.05) is 23.1 Å². The van der Waals surface area contributed by atoms with E-state index < -0.39 is 0 Å². The molecule has 2 aromatic carbocycles. The van der Waals surface area contributed by atoms with E-state index in [0.29, 0.717) is 18.7 Å². The van der Waals surface area contributed by atoms with Crippen LogP contribution in [0.4, 0.5) is 0 Å². The van der Waals surface area contributed by atoms with Crippen LogP contribution in [0.2, 0.25) is 0 Å². The van der Waals surface area contributed by atoms with Gasteiger partial charge in [0.2, 0.25) is 0 Å². The number of hydrogen-bond acceptors (Lipinski definition) is 1. The average molecular weight is 318 g/mol. The summed E-state index contributed by atoms with van der Waals surface area (Å²) in [7, 11) is 0. The largest absolute Gasteiger partial charge is 0.335 e. The highest BCUT2D eigenvalue weighted by atomic mass is 79.9. The van der Waals surface area contributed by atoms with Crippen molar-refractivity contribution < 1.29 is 4.79 Å². The molecule has 2 rings (SSSR count). The Labute approximate surface area is 122 Å². The Balaban J connectivity index is 2.16. The molecule has 19 heavy (non-hydrogen) atoms. The third-order valence-corrected chi connectivity index (χ3v) is 3.45. The molecule has 2 aromatic rings. The summed E-state index contributed by atoms with van der Waals surface area (Å²) >= 11 is 3.40. The predicted molar refractivity (Wildman–Crippen MR) is 81.0 cm³/mol. The van der Waals surface area contributed by atoms with Gasteiger partial charge in [-0.1, -0.05) is 52.3 Å². The Morgan fingerprint density at radius 3 is 2.47 bits per heavy atom. The van der Waals surface area contributed by atoms with E-state index in [-0.39, 0.29) is 5.91 Å². The topological polar surface area (TPSA) is 20.3 Å². The van der Waals surface area contributed by atoms with Crippen molar-refractivity contribution in [2.24, 2.45) is 0 Å². The third kappa shape index (κ3) is 3.67. The van der Waals surface area contributed by atoms with Crippen LogP contribution in [-0.4, -0.2) is 17.4 Å². The quantitative estimate of drug-likeness (QED) is 0.831. The number of hydrogen-bond donors (Lipinski definition) is 0. The fraction of sp³-hybridized carbons (Fsp3) is 0.188. The zero-order chi connectivity index (χ0) is 13.7. The molecule has 0 atom stereocenters. The Kier molecular flexibility index (Phi) is 4.74. The van der Waals surface area contributed by atoms with Crippen LogP contribution in [0.5, 0.6) is 0 Å². The van der Waals surface area contributed by atoms with Crippen LogP contribution in [0.15, 0.2) is 59.1 Å². The lowest BCUT2D eigenvalue weighted by molar-refractivity contribution is 0.0752. The molecule has 0 saturated heterocycles. The second-order valence-corrected chi connectivity index (χ2v) is 5.23. The summed E-state index contributed by atoms with van der Waals surface area (Å²) in [6, 6.07) is 17.6. The number of rotatable bonds is 4. The van der Waals surface area contributed by atoms with Crippen LogP contribution in [0, 0.1) is 0 Å². The SMILES string of the molecule is CCN(Cc1ccccc1)C(=O)c1cccc(Br)c1. The molecule has 0 heterocycles. The van der Waals surface area contributed by atoms with Gasteiger partial charge in [0.1, 0.15) is 0 Å². The third-order valence-electron chi connectivity index (χ3n) is 2.96. The minimum Gasteiger partial charge on any atom is -0.335 e. The summed E-state index contributed by atoms with van der Waals surface area (Å²) in [6.07, 6.45) is 0. The molecule has 2 nitrogen and oxygen atoms in total. The molecule has 0 radical (unpaired) electrons. The van der Waals surface area contributed by atoms with Gasteiger partial charge < -0.3 is 4.90 Å². The van der Waals surface area contributed by atoms with Crippen molar-refractivity contribution in [3.63, 3.8) is 0 Å². The molecule has 0 aliphatic rings. The standard InChI is InChI=1S/C16H16BrNO/c1-2-18(12-13-7-4-3-5-8-13)16(19)14-9-6-10-15(17)11-14/h3-11H,2,12H2,1H3. The molecule has 0 aliphatic carbocycles. The number of benzene rings is 2. The van der Waals surface area contributed by atoms with Gasteiger partial charge in [0.25, 0.3) is 5.91 Å². The Morgan fingerprint density at radius 1 is 1.11 bits per heavy atom. The summed E-state index contributed by atoms with van der Waals surface area (Å²) in [4.78, 5) is 14.3. The van der Waals surface area contributed by atoms with Crippen molar-refractivity contribution in [1.29, 1.82) is 0 Å². The Hall–Kier alpha value is -1.61. The normalized spacial score (nSPS) is 10.2. The van der Waals surface area contributed by atoms with Gasteiger partial charge in [-0.3, -0.25) is 4.79 Å². The lowest BCUT2D eigenvalue weighted by Gasteiger charge is -2.21. The zero-order valence-electron chi connectivity index (χ0n) is 10.8. The van der Waals surface area contributed by atoms with Crippen molar-refractivity contribution in [2.45, 2.75) is 13.5 Å². The summed E-state index contributed by atoms with van der Waals surface area (Å²) < 4.78 is 0.925. The Bertz CT molecular complexity index is 554. The molecule has 98 valence electrons. The zero-order valence-corrected chi connectivity index (χ0v) is 12.4. The van der Waals surface area contributed by atoms with Crippen LogP contribution < -0.4 is 0 Å². The first-order valence-electron chi connectivity index (χ1n) is 6.29. The molecular formula is C16H16BrNO. The fourth-order valence-electron chi connectivity index (χ4n) is 1.94. The van der Waals surface area contributed by atoms with E-state index in [0.717, 1.165) is 10.0 Å². The van der Waals surface area contributed by atoms with Crippen molar-refractivity contribution in [1.82, 2.24) is 4.90 Å². The maximum atomic E-state index is 12.4. The maximum Gasteiger partial charge on any atom is 0.254 e. The second kappa shape index (κ2) is 6.53. The van der Waals surface area contributed by atoms with Gasteiger partial charge in [-0.15, -0.1) is 0 Å². The van der Waals surface area contributed by atoms with Gasteiger partial charge in [-0.25, -0.2) is 0 Å². The summed E-state index contributed by atoms with van der Waals surface area (Å²) in [5, 5.41) is 0. The van der Waals surface area contributed by atoms with Crippen LogP contribution in [0.25, 0.3) is 0 Å². The van der Waals surface area contributed by atoms with E-state index in [9.17, 15) is 4.79 Å². The van der Waals surface area contributed by atoms with Crippen molar-refractivity contribution in [3.8, 4) is 0 Å². The lowest BCUT2D eigenvalue weighted by atomic mass is 10.1. The van der Waals surface area contributed by atoms with E-state index in [4.69, 9.17) is 0 Å². The van der Waals surface area contributed by atoms with E-state index in [1.165, 1.54) is 0 Å². The Morgan fingerprint density at radius 2 is 1.84 bits per heavy atom. The van der Waals surface area contributed by atoms with E-state index >= 15 is 0 Å². The smallest absolute Gasteiger partial charge is 0.254 e. The fourth-order valence-corrected chi connectivity index (χ4v) is 2.33. The summed E-state index contributed by atoms with van der Waals surface area (Å²) in [5.41, 5.74) is 1.86. The number of carbonyl (C=O) groups excluding carboxylic acids is 1. The molecule has 0 aliphatic heterocycles. The highest BCUT2D eigenvalue weighted by Gasteiger charge is 2.14. The summed E-state index contributed by atoms with van der Waals surface area (Å²) in [6.45, 7) is 3.34. The molecule has 0 spiro atoms. The lowest BCUT2D eigenvalue weighted by Crippen LogP contribution is -2.30. The highest BCUT2D eigenvalue weighted by Crippen LogP contribution is 2.15. The number of halogens is 1. The van der Waals surface area contributed by atoms with Crippen molar-refractivity contribution in [3.05, 3.63) is 70.2 Å². The van der Waals surface area contributed by atoms with Crippen molar-refractivity contribution in [2.75, 3.05) is 6.54 Å². The van der Waals surface area contributed by atoms with Crippen LogP contribution >= 0.6 is 15.9 Å². The van der Waals surface area contributed by atoms with Crippen molar-refractivity contribution >= 4 is 21.8 Å². The van der Waals surface area contributed by atoms with E-state index in [1.807, 2.05) is 66.4 Å². The number of carbonyl (C=O) groups is 1. The molecule has 0 unspecified atom stereocenters. The van der Waals surface area contributed by atoms with Gasteiger partial charge in [-0.2, -0.15) is 0 Å². The van der Waals surface area contributed by atoms with Crippen LogP contribution in [-0.2, 0) is 6.54 Å². The predicted octanol–water partition coefficient (Wildman–Crippen LogP) is 4.11. The molecule has 0 aromatic heterocycles. The van der Waals surface area contributed by atoms with Gasteiger partial charge in [0.15, 0.2) is 0 Å². The monoisotopic (exact) mass is 317 g/mol. The minimum atomic E-state index is 0.0626. The first kappa shape index (κ1) is 13.8. The van der Waals surface area contributed by atoms with Gasteiger partial charge in [-0.05, 0) is 30.7 Å². The first-order valence-corrected chi connectivity index (χ1v) is 7.08.